The van der Waals surface area contributed by atoms with Crippen molar-refractivity contribution >= 4 is 33.7 Å². The average Bonchev–Trinajstić information content (AvgIpc) is 3.30. The molecule has 42 heavy (non-hydrogen) atoms. The van der Waals surface area contributed by atoms with Gasteiger partial charge in [0.15, 0.2) is 24.0 Å². The number of pyridine rings is 2. The van der Waals surface area contributed by atoms with Crippen molar-refractivity contribution in [3.8, 4) is 23.1 Å². The zero-order valence-corrected chi connectivity index (χ0v) is 24.8. The number of anilines is 1. The molecule has 3 aromatic heterocycles. The van der Waals surface area contributed by atoms with Gasteiger partial charge in [0, 0.05) is 49.8 Å². The number of rotatable bonds is 5. The van der Waals surface area contributed by atoms with E-state index < -0.39 is 11.4 Å². The molecule has 1 saturated heterocycles. The fourth-order valence-electron chi connectivity index (χ4n) is 5.39. The second-order valence-corrected chi connectivity index (χ2v) is 11.6. The molecule has 1 aliphatic rings. The third-order valence-corrected chi connectivity index (χ3v) is 7.06. The lowest BCUT2D eigenvalue weighted by atomic mass is 10.0. The van der Waals surface area contributed by atoms with E-state index in [-0.39, 0.29) is 36.2 Å². The first-order valence-corrected chi connectivity index (χ1v) is 13.6. The Bertz CT molecular complexity index is 1700. The van der Waals surface area contributed by atoms with Crippen molar-refractivity contribution in [2.75, 3.05) is 31.9 Å². The predicted molar refractivity (Wildman–Crippen MR) is 156 cm³/mol. The van der Waals surface area contributed by atoms with Crippen LogP contribution in [0.15, 0.2) is 30.6 Å². The molecule has 0 bridgehead atoms. The van der Waals surface area contributed by atoms with E-state index in [0.717, 1.165) is 5.69 Å². The van der Waals surface area contributed by atoms with Crippen LogP contribution in [0.25, 0.3) is 33.2 Å². The number of nitriles is 1. The summed E-state index contributed by atoms with van der Waals surface area (Å²) in [6.07, 6.45) is 3.07. The van der Waals surface area contributed by atoms with Gasteiger partial charge in [-0.25, -0.2) is 19.2 Å². The number of methoxy groups -OCH3 is 1. The molecule has 220 valence electrons. The number of nitrogens with zero attached hydrogens (tertiary/aromatic N) is 7. The first kappa shape index (κ1) is 29.0. The van der Waals surface area contributed by atoms with Crippen LogP contribution < -0.4 is 9.64 Å². The van der Waals surface area contributed by atoms with Gasteiger partial charge in [0.05, 0.1) is 41.3 Å². The Morgan fingerprint density at radius 1 is 1.19 bits per heavy atom. The molecule has 5 rings (SSSR count). The molecule has 4 heterocycles. The van der Waals surface area contributed by atoms with Crippen molar-refractivity contribution in [3.63, 3.8) is 0 Å². The van der Waals surface area contributed by atoms with Gasteiger partial charge in [-0.3, -0.25) is 9.58 Å². The number of amides is 1. The van der Waals surface area contributed by atoms with Crippen LogP contribution >= 0.6 is 0 Å². The van der Waals surface area contributed by atoms with Crippen LogP contribution in [-0.4, -0.2) is 75.4 Å². The average molecular weight is 576 g/mol. The summed E-state index contributed by atoms with van der Waals surface area (Å²) in [7, 11) is 3.15. The molecule has 0 unspecified atom stereocenters. The predicted octanol–water partition coefficient (Wildman–Crippen LogP) is 5.01. The van der Waals surface area contributed by atoms with E-state index in [9.17, 15) is 10.1 Å². The number of ether oxygens (including phenoxy) is 3. The van der Waals surface area contributed by atoms with Gasteiger partial charge in [-0.2, -0.15) is 10.4 Å². The summed E-state index contributed by atoms with van der Waals surface area (Å²) in [5, 5.41) is 15.4. The second-order valence-electron chi connectivity index (χ2n) is 11.6. The van der Waals surface area contributed by atoms with Gasteiger partial charge in [-0.1, -0.05) is 0 Å². The molecule has 4 aromatic rings. The minimum Gasteiger partial charge on any atom is -0.464 e. The van der Waals surface area contributed by atoms with Crippen molar-refractivity contribution in [1.29, 1.82) is 5.26 Å². The summed E-state index contributed by atoms with van der Waals surface area (Å²) in [5.74, 6) is -0.709. The Balaban J connectivity index is 1.51. The number of fused-ring (bicyclic) bond motifs is 2. The molecule has 0 saturated carbocycles. The Kier molecular flexibility index (Phi) is 7.64. The van der Waals surface area contributed by atoms with Crippen LogP contribution in [0.3, 0.4) is 0 Å². The molecule has 1 aliphatic heterocycles. The monoisotopic (exact) mass is 575 g/mol. The van der Waals surface area contributed by atoms with Crippen molar-refractivity contribution in [3.05, 3.63) is 42.0 Å². The van der Waals surface area contributed by atoms with E-state index in [0.29, 0.717) is 46.3 Å². The summed E-state index contributed by atoms with van der Waals surface area (Å²) < 4.78 is 33.3. The van der Waals surface area contributed by atoms with Crippen LogP contribution in [0.2, 0.25) is 0 Å². The molecule has 11 nitrogen and oxygen atoms in total. The van der Waals surface area contributed by atoms with Gasteiger partial charge >= 0.3 is 6.09 Å². The lowest BCUT2D eigenvalue weighted by Crippen LogP contribution is -2.59. The summed E-state index contributed by atoms with van der Waals surface area (Å²) in [6.45, 7) is 10.5. The van der Waals surface area contributed by atoms with E-state index in [2.05, 4.69) is 21.1 Å². The molecule has 1 amide bonds. The highest BCUT2D eigenvalue weighted by Crippen LogP contribution is 2.38. The maximum atomic E-state index is 15.5. The number of piperazine rings is 1. The maximum absolute atomic E-state index is 15.5. The van der Waals surface area contributed by atoms with Crippen LogP contribution in [0.5, 0.6) is 5.75 Å². The van der Waals surface area contributed by atoms with Gasteiger partial charge < -0.3 is 19.1 Å². The highest BCUT2D eigenvalue weighted by molar-refractivity contribution is 5.92. The van der Waals surface area contributed by atoms with Gasteiger partial charge in [0.2, 0.25) is 0 Å². The third-order valence-electron chi connectivity index (χ3n) is 7.06. The molecule has 1 aromatic carbocycles. The van der Waals surface area contributed by atoms with Crippen molar-refractivity contribution < 1.29 is 23.4 Å². The molecular weight excluding hydrogens is 541 g/mol. The number of hydrogen-bond acceptors (Lipinski definition) is 9. The lowest BCUT2D eigenvalue weighted by Gasteiger charge is -2.45. The van der Waals surface area contributed by atoms with E-state index in [1.54, 1.807) is 36.5 Å². The molecule has 1 fully saturated rings. The summed E-state index contributed by atoms with van der Waals surface area (Å²) in [6, 6.07) is 7.24. The number of aryl methyl sites for hydroxylation is 1. The minimum absolute atomic E-state index is 0.0683. The first-order valence-electron chi connectivity index (χ1n) is 13.6. The van der Waals surface area contributed by atoms with E-state index >= 15 is 4.39 Å². The van der Waals surface area contributed by atoms with E-state index in [1.807, 2.05) is 40.7 Å². The smallest absolute Gasteiger partial charge is 0.410 e. The van der Waals surface area contributed by atoms with Crippen LogP contribution in [0.4, 0.5) is 14.9 Å². The Morgan fingerprint density at radius 3 is 2.55 bits per heavy atom. The Morgan fingerprint density at radius 2 is 1.90 bits per heavy atom. The van der Waals surface area contributed by atoms with Crippen molar-refractivity contribution in [2.24, 2.45) is 7.05 Å². The standard InChI is InChI=1S/C30H34FN7O4/c1-17-13-37(14-18(2)38(17)29(39)42-30(3,4)5)21-10-22-19(11-32)9-24(34-28(22)33-12-21)23-8-20-15-36(6)35-26(20)25(31)27(23)41-16-40-7/h8-10,12,15,17-18H,13-14,16H2,1-7H3/t17-,18+. The first-order chi connectivity index (χ1) is 19.9. The number of carbonyl (C=O) groups is 1. The van der Waals surface area contributed by atoms with Crippen LogP contribution in [0.1, 0.15) is 40.2 Å². The fourth-order valence-corrected chi connectivity index (χ4v) is 5.39. The fraction of sp³-hybridized carbons (Fsp3) is 0.433. The zero-order valence-electron chi connectivity index (χ0n) is 24.8. The number of carbonyl (C=O) groups excluding carboxylic acids is 1. The topological polar surface area (TPSA) is 119 Å². The second kappa shape index (κ2) is 11.1. The highest BCUT2D eigenvalue weighted by Gasteiger charge is 2.36. The summed E-state index contributed by atoms with van der Waals surface area (Å²) >= 11 is 0. The van der Waals surface area contributed by atoms with Gasteiger partial charge in [0.1, 0.15) is 11.1 Å². The third kappa shape index (κ3) is 5.52. The Hall–Kier alpha value is -4.50. The van der Waals surface area contributed by atoms with Crippen LogP contribution in [0, 0.1) is 17.1 Å². The van der Waals surface area contributed by atoms with Crippen molar-refractivity contribution in [2.45, 2.75) is 52.3 Å². The van der Waals surface area contributed by atoms with Gasteiger partial charge in [-0.05, 0) is 52.8 Å². The summed E-state index contributed by atoms with van der Waals surface area (Å²) in [4.78, 5) is 26.1. The van der Waals surface area contributed by atoms with Gasteiger partial charge in [0.25, 0.3) is 0 Å². The molecule has 0 radical (unpaired) electrons. The Labute approximate surface area is 243 Å². The van der Waals surface area contributed by atoms with E-state index in [1.165, 1.54) is 11.8 Å². The number of halogens is 1. The molecular formula is C30H34FN7O4. The number of hydrogen-bond donors (Lipinski definition) is 0. The number of benzene rings is 1. The molecule has 12 heteroatoms. The highest BCUT2D eigenvalue weighted by atomic mass is 19.1. The molecule has 0 aliphatic carbocycles. The molecule has 0 spiro atoms. The number of aromatic nitrogens is 4. The minimum atomic E-state index is -0.641. The zero-order chi connectivity index (χ0) is 30.3. The largest absolute Gasteiger partial charge is 0.464 e. The molecule has 2 atom stereocenters. The summed E-state index contributed by atoms with van der Waals surface area (Å²) in [5.41, 5.74) is 1.75. The van der Waals surface area contributed by atoms with Crippen LogP contribution in [-0.2, 0) is 16.5 Å². The normalized spacial score (nSPS) is 17.5. The maximum Gasteiger partial charge on any atom is 0.410 e. The van der Waals surface area contributed by atoms with E-state index in [4.69, 9.17) is 19.2 Å². The lowest BCUT2D eigenvalue weighted by molar-refractivity contribution is 0.00565. The SMILES string of the molecule is COCOc1c(-c2cc(C#N)c3cc(N4C[C@@H](C)N(C(=O)OC(C)(C)C)[C@@H](C)C4)cnc3n2)cc2cn(C)nc2c1F. The van der Waals surface area contributed by atoms with Gasteiger partial charge in [-0.15, -0.1) is 0 Å². The van der Waals surface area contributed by atoms with Crippen molar-refractivity contribution in [1.82, 2.24) is 24.6 Å². The molecule has 0 N–H and O–H groups in total. The quantitative estimate of drug-likeness (QED) is 0.303.